The number of nitrogens with zero attached hydrogens (tertiary/aromatic N) is 1. The van der Waals surface area contributed by atoms with Gasteiger partial charge < -0.3 is 14.7 Å². The van der Waals surface area contributed by atoms with Crippen LogP contribution in [0.4, 0.5) is 0 Å². The lowest BCUT2D eigenvalue weighted by molar-refractivity contribution is -0.162. The Morgan fingerprint density at radius 2 is 2.12 bits per heavy atom. The number of esters is 1. The van der Waals surface area contributed by atoms with E-state index in [2.05, 4.69) is 0 Å². The van der Waals surface area contributed by atoms with Crippen molar-refractivity contribution in [2.75, 3.05) is 20.1 Å². The monoisotopic (exact) mass is 229 g/mol. The van der Waals surface area contributed by atoms with Gasteiger partial charge in [-0.1, -0.05) is 0 Å². The molecule has 1 aliphatic rings. The molecular formula is C12H23NO3. The van der Waals surface area contributed by atoms with E-state index < -0.39 is 11.2 Å². The summed E-state index contributed by atoms with van der Waals surface area (Å²) in [5.74, 6) is -0.315. The predicted octanol–water partition coefficient (Wildman–Crippen LogP) is 1.17. The fourth-order valence-corrected chi connectivity index (χ4v) is 2.13. The molecule has 0 aliphatic carbocycles. The average Bonchev–Trinajstić information content (AvgIpc) is 1.96. The first-order valence-corrected chi connectivity index (χ1v) is 5.83. The van der Waals surface area contributed by atoms with Crippen LogP contribution in [-0.2, 0) is 9.53 Å². The summed E-state index contributed by atoms with van der Waals surface area (Å²) in [6, 6.07) is 0. The number of carbonyl (C=O) groups is 1. The Balaban J connectivity index is 2.49. The van der Waals surface area contributed by atoms with E-state index in [0.29, 0.717) is 13.0 Å². The Hall–Kier alpha value is -0.610. The Morgan fingerprint density at radius 3 is 2.62 bits per heavy atom. The molecule has 1 heterocycles. The number of carbonyl (C=O) groups excluding carboxylic acids is 1. The van der Waals surface area contributed by atoms with Crippen LogP contribution in [0.2, 0.25) is 0 Å². The third-order valence-corrected chi connectivity index (χ3v) is 2.64. The molecular weight excluding hydrogens is 206 g/mol. The number of rotatable bonds is 2. The minimum Gasteiger partial charge on any atom is -0.460 e. The van der Waals surface area contributed by atoms with Crippen LogP contribution < -0.4 is 0 Å². The molecule has 1 fully saturated rings. The molecule has 94 valence electrons. The Bertz CT molecular complexity index is 259. The molecule has 1 N–H and O–H groups in total. The highest BCUT2D eigenvalue weighted by Gasteiger charge is 2.35. The van der Waals surface area contributed by atoms with E-state index in [1.807, 2.05) is 32.7 Å². The van der Waals surface area contributed by atoms with E-state index in [-0.39, 0.29) is 12.4 Å². The summed E-state index contributed by atoms with van der Waals surface area (Å²) in [6.07, 6.45) is 1.70. The summed E-state index contributed by atoms with van der Waals surface area (Å²) < 4.78 is 5.22. The van der Waals surface area contributed by atoms with Gasteiger partial charge in [-0.25, -0.2) is 0 Å². The van der Waals surface area contributed by atoms with Crippen LogP contribution in [0.5, 0.6) is 0 Å². The lowest BCUT2D eigenvalue weighted by atomic mass is 9.90. The zero-order chi connectivity index (χ0) is 12.4. The quantitative estimate of drug-likeness (QED) is 0.722. The molecule has 1 atom stereocenters. The smallest absolute Gasteiger partial charge is 0.309 e. The van der Waals surface area contributed by atoms with Gasteiger partial charge in [-0.15, -0.1) is 0 Å². The highest BCUT2D eigenvalue weighted by molar-refractivity contribution is 5.71. The SMILES string of the molecule is CN1CCCC(O)(CC(=O)OC(C)(C)C)C1. The van der Waals surface area contributed by atoms with Crippen LogP contribution in [0.25, 0.3) is 0 Å². The molecule has 0 aromatic heterocycles. The van der Waals surface area contributed by atoms with Crippen LogP contribution in [0, 0.1) is 0 Å². The lowest BCUT2D eigenvalue weighted by Crippen LogP contribution is -2.48. The summed E-state index contributed by atoms with van der Waals surface area (Å²) in [5.41, 5.74) is -1.39. The standard InChI is InChI=1S/C12H23NO3/c1-11(2,3)16-10(14)8-12(15)6-5-7-13(4)9-12/h15H,5-9H2,1-4H3. The highest BCUT2D eigenvalue weighted by Crippen LogP contribution is 2.25. The van der Waals surface area contributed by atoms with Gasteiger partial charge in [0.05, 0.1) is 12.0 Å². The summed E-state index contributed by atoms with van der Waals surface area (Å²) in [4.78, 5) is 13.7. The van der Waals surface area contributed by atoms with E-state index in [1.54, 1.807) is 0 Å². The van der Waals surface area contributed by atoms with Gasteiger partial charge in [0.15, 0.2) is 0 Å². The van der Waals surface area contributed by atoms with Crippen molar-refractivity contribution in [3.8, 4) is 0 Å². The fourth-order valence-electron chi connectivity index (χ4n) is 2.13. The second-order valence-corrected chi connectivity index (χ2v) is 5.83. The van der Waals surface area contributed by atoms with Gasteiger partial charge in [0.2, 0.25) is 0 Å². The van der Waals surface area contributed by atoms with Gasteiger partial charge in [-0.2, -0.15) is 0 Å². The van der Waals surface area contributed by atoms with Gasteiger partial charge >= 0.3 is 5.97 Å². The Labute approximate surface area is 97.6 Å². The highest BCUT2D eigenvalue weighted by atomic mass is 16.6. The van der Waals surface area contributed by atoms with Crippen molar-refractivity contribution in [1.82, 2.24) is 4.90 Å². The Morgan fingerprint density at radius 1 is 1.50 bits per heavy atom. The number of piperidine rings is 1. The van der Waals surface area contributed by atoms with Crippen molar-refractivity contribution in [1.29, 1.82) is 0 Å². The second-order valence-electron chi connectivity index (χ2n) is 5.83. The summed E-state index contributed by atoms with van der Waals surface area (Å²) >= 11 is 0. The Kier molecular flexibility index (Phi) is 3.97. The molecule has 0 aromatic rings. The molecule has 0 amide bonds. The van der Waals surface area contributed by atoms with Crippen molar-refractivity contribution in [2.24, 2.45) is 0 Å². The number of β-amino-alcohol motifs (C(OH)–C–C–N with tert-alkyl or cyclic N) is 1. The molecule has 0 bridgehead atoms. The van der Waals surface area contributed by atoms with E-state index in [4.69, 9.17) is 4.74 Å². The van der Waals surface area contributed by atoms with Crippen molar-refractivity contribution in [3.63, 3.8) is 0 Å². The molecule has 1 rings (SSSR count). The maximum Gasteiger partial charge on any atom is 0.309 e. The second kappa shape index (κ2) is 4.72. The molecule has 0 radical (unpaired) electrons. The van der Waals surface area contributed by atoms with Gasteiger partial charge in [0.25, 0.3) is 0 Å². The van der Waals surface area contributed by atoms with Gasteiger partial charge in [0.1, 0.15) is 5.60 Å². The van der Waals surface area contributed by atoms with Crippen molar-refractivity contribution in [2.45, 2.75) is 51.2 Å². The van der Waals surface area contributed by atoms with Gasteiger partial charge in [-0.3, -0.25) is 4.79 Å². The van der Waals surface area contributed by atoms with E-state index in [1.165, 1.54) is 0 Å². The lowest BCUT2D eigenvalue weighted by Gasteiger charge is -2.37. The number of aliphatic hydroxyl groups is 1. The topological polar surface area (TPSA) is 49.8 Å². The van der Waals surface area contributed by atoms with Gasteiger partial charge in [-0.05, 0) is 47.2 Å². The van der Waals surface area contributed by atoms with E-state index in [9.17, 15) is 9.90 Å². The molecule has 1 aliphatic heterocycles. The number of likely N-dealkylation sites (tertiary alicyclic amines) is 1. The van der Waals surface area contributed by atoms with Crippen LogP contribution in [0.15, 0.2) is 0 Å². The fraction of sp³-hybridized carbons (Fsp3) is 0.917. The zero-order valence-corrected chi connectivity index (χ0v) is 10.7. The summed E-state index contributed by atoms with van der Waals surface area (Å²) in [6.45, 7) is 7.04. The number of likely N-dealkylation sites (N-methyl/N-ethyl adjacent to an activating group) is 1. The van der Waals surface area contributed by atoms with Crippen LogP contribution in [0.1, 0.15) is 40.0 Å². The molecule has 1 saturated heterocycles. The molecule has 0 spiro atoms. The maximum atomic E-state index is 11.6. The van der Waals surface area contributed by atoms with Crippen molar-refractivity contribution < 1.29 is 14.6 Å². The van der Waals surface area contributed by atoms with Crippen LogP contribution in [-0.4, -0.2) is 47.3 Å². The van der Waals surface area contributed by atoms with Crippen molar-refractivity contribution in [3.05, 3.63) is 0 Å². The first-order chi connectivity index (χ1) is 7.20. The number of ether oxygens (including phenoxy) is 1. The summed E-state index contributed by atoms with van der Waals surface area (Å²) in [7, 11) is 1.96. The van der Waals surface area contributed by atoms with Gasteiger partial charge in [0, 0.05) is 6.54 Å². The normalized spacial score (nSPS) is 27.8. The minimum absolute atomic E-state index is 0.0919. The van der Waals surface area contributed by atoms with Crippen LogP contribution >= 0.6 is 0 Å². The molecule has 0 saturated carbocycles. The molecule has 0 aromatic carbocycles. The van der Waals surface area contributed by atoms with E-state index in [0.717, 1.165) is 13.0 Å². The first-order valence-electron chi connectivity index (χ1n) is 5.83. The predicted molar refractivity (Wildman–Crippen MR) is 62.1 cm³/mol. The molecule has 4 nitrogen and oxygen atoms in total. The molecule has 1 unspecified atom stereocenters. The van der Waals surface area contributed by atoms with Crippen molar-refractivity contribution >= 4 is 5.97 Å². The number of hydrogen-bond acceptors (Lipinski definition) is 4. The third kappa shape index (κ3) is 4.49. The van der Waals surface area contributed by atoms with Crippen LogP contribution in [0.3, 0.4) is 0 Å². The number of hydrogen-bond donors (Lipinski definition) is 1. The third-order valence-electron chi connectivity index (χ3n) is 2.64. The largest absolute Gasteiger partial charge is 0.460 e. The first kappa shape index (κ1) is 13.5. The van der Waals surface area contributed by atoms with E-state index >= 15 is 0 Å². The summed E-state index contributed by atoms with van der Waals surface area (Å²) in [5, 5.41) is 10.3. The minimum atomic E-state index is -0.907. The average molecular weight is 229 g/mol. The maximum absolute atomic E-state index is 11.6. The zero-order valence-electron chi connectivity index (χ0n) is 10.7. The molecule has 4 heteroatoms. The molecule has 16 heavy (non-hydrogen) atoms.